The zero-order chi connectivity index (χ0) is 15.4. The Labute approximate surface area is 119 Å². The van der Waals surface area contributed by atoms with Gasteiger partial charge < -0.3 is 5.32 Å². The highest BCUT2D eigenvalue weighted by Gasteiger charge is 2.16. The molecule has 0 fully saturated rings. The molecule has 108 valence electrons. The third-order valence-electron chi connectivity index (χ3n) is 2.92. The Morgan fingerprint density at radius 3 is 2.81 bits per heavy atom. The molecule has 0 saturated heterocycles. The first-order chi connectivity index (χ1) is 10.0. The lowest BCUT2D eigenvalue weighted by Gasteiger charge is -2.07. The molecule has 7 heteroatoms. The molecule has 0 aliphatic rings. The minimum absolute atomic E-state index is 0.0815. The molecular formula is C14H12FN3O3. The van der Waals surface area contributed by atoms with Gasteiger partial charge in [0.25, 0.3) is 11.6 Å². The van der Waals surface area contributed by atoms with Crippen LogP contribution in [0.4, 0.5) is 15.8 Å². The Bertz CT molecular complexity index is 704. The van der Waals surface area contributed by atoms with Gasteiger partial charge in [-0.3, -0.25) is 14.9 Å². The molecule has 1 aromatic heterocycles. The number of anilines is 1. The average molecular weight is 289 g/mol. The lowest BCUT2D eigenvalue weighted by atomic mass is 10.1. The fraction of sp³-hybridized carbons (Fsp3) is 0.143. The van der Waals surface area contributed by atoms with Crippen LogP contribution in [0.2, 0.25) is 0 Å². The molecule has 21 heavy (non-hydrogen) atoms. The number of amides is 1. The summed E-state index contributed by atoms with van der Waals surface area (Å²) < 4.78 is 13.4. The summed E-state index contributed by atoms with van der Waals surface area (Å²) >= 11 is 0. The Morgan fingerprint density at radius 1 is 1.43 bits per heavy atom. The van der Waals surface area contributed by atoms with Crippen LogP contribution in [-0.2, 0) is 6.42 Å². The molecule has 0 atom stereocenters. The number of rotatable bonds is 4. The van der Waals surface area contributed by atoms with Crippen LogP contribution in [-0.4, -0.2) is 15.8 Å². The van der Waals surface area contributed by atoms with Gasteiger partial charge in [-0.15, -0.1) is 0 Å². The van der Waals surface area contributed by atoms with E-state index in [9.17, 15) is 19.3 Å². The third kappa shape index (κ3) is 3.19. The highest BCUT2D eigenvalue weighted by molar-refractivity contribution is 6.04. The lowest BCUT2D eigenvalue weighted by molar-refractivity contribution is -0.385. The Balaban J connectivity index is 2.28. The summed E-state index contributed by atoms with van der Waals surface area (Å²) in [6, 6.07) is 7.07. The van der Waals surface area contributed by atoms with Gasteiger partial charge in [0, 0.05) is 23.5 Å². The second kappa shape index (κ2) is 6.08. The SMILES string of the molecule is CCc1ccc(NC(=O)c2cccnc2F)cc1[N+](=O)[O-]. The fourth-order valence-electron chi connectivity index (χ4n) is 1.86. The minimum Gasteiger partial charge on any atom is -0.322 e. The largest absolute Gasteiger partial charge is 0.322 e. The number of halogens is 1. The number of nitrogens with zero attached hydrogens (tertiary/aromatic N) is 2. The Kier molecular flexibility index (Phi) is 4.22. The number of benzene rings is 1. The monoisotopic (exact) mass is 289 g/mol. The first-order valence-electron chi connectivity index (χ1n) is 6.22. The number of nitrogens with one attached hydrogen (secondary N) is 1. The Morgan fingerprint density at radius 2 is 2.19 bits per heavy atom. The number of nitro groups is 1. The van der Waals surface area contributed by atoms with E-state index in [2.05, 4.69) is 10.3 Å². The highest BCUT2D eigenvalue weighted by Crippen LogP contribution is 2.24. The van der Waals surface area contributed by atoms with Gasteiger partial charge in [-0.25, -0.2) is 4.98 Å². The topological polar surface area (TPSA) is 85.1 Å². The first kappa shape index (κ1) is 14.6. The lowest BCUT2D eigenvalue weighted by Crippen LogP contribution is -2.14. The maximum atomic E-state index is 13.4. The van der Waals surface area contributed by atoms with Crippen molar-refractivity contribution in [3.8, 4) is 0 Å². The van der Waals surface area contributed by atoms with E-state index in [0.717, 1.165) is 0 Å². The maximum Gasteiger partial charge on any atom is 0.274 e. The summed E-state index contributed by atoms with van der Waals surface area (Å²) in [5.41, 5.74) is 0.486. The molecule has 0 bridgehead atoms. The number of hydrogen-bond acceptors (Lipinski definition) is 4. The second-order valence-corrected chi connectivity index (χ2v) is 4.25. The average Bonchev–Trinajstić information content (AvgIpc) is 2.47. The van der Waals surface area contributed by atoms with Crippen LogP contribution >= 0.6 is 0 Å². The zero-order valence-electron chi connectivity index (χ0n) is 11.2. The summed E-state index contributed by atoms with van der Waals surface area (Å²) in [5, 5.41) is 13.4. The van der Waals surface area contributed by atoms with E-state index in [0.29, 0.717) is 12.0 Å². The number of carbonyl (C=O) groups excluding carboxylic acids is 1. The van der Waals surface area contributed by atoms with Crippen molar-refractivity contribution in [1.29, 1.82) is 0 Å². The molecule has 2 aromatic rings. The molecule has 6 nitrogen and oxygen atoms in total. The number of aryl methyl sites for hydroxylation is 1. The normalized spacial score (nSPS) is 10.2. The van der Waals surface area contributed by atoms with Gasteiger partial charge in [-0.1, -0.05) is 13.0 Å². The van der Waals surface area contributed by atoms with Crippen molar-refractivity contribution in [2.45, 2.75) is 13.3 Å². The van der Waals surface area contributed by atoms with Crippen molar-refractivity contribution < 1.29 is 14.1 Å². The van der Waals surface area contributed by atoms with Gasteiger partial charge in [0.1, 0.15) is 0 Å². The third-order valence-corrected chi connectivity index (χ3v) is 2.92. The van der Waals surface area contributed by atoms with E-state index in [-0.39, 0.29) is 16.9 Å². The molecule has 0 aliphatic carbocycles. The van der Waals surface area contributed by atoms with Gasteiger partial charge in [0.2, 0.25) is 5.95 Å². The number of aromatic nitrogens is 1. The van der Waals surface area contributed by atoms with E-state index in [1.807, 2.05) is 0 Å². The molecule has 1 N–H and O–H groups in total. The fourth-order valence-corrected chi connectivity index (χ4v) is 1.86. The van der Waals surface area contributed by atoms with Gasteiger partial charge in [0.05, 0.1) is 10.5 Å². The van der Waals surface area contributed by atoms with Gasteiger partial charge >= 0.3 is 0 Å². The standard InChI is InChI=1S/C14H12FN3O3/c1-2-9-5-6-10(8-12(9)18(20)21)17-14(19)11-4-3-7-16-13(11)15/h3-8H,2H2,1H3,(H,17,19). The Hall–Kier alpha value is -2.83. The van der Waals surface area contributed by atoms with Crippen LogP contribution in [0.3, 0.4) is 0 Å². The highest BCUT2D eigenvalue weighted by atomic mass is 19.1. The van der Waals surface area contributed by atoms with Crippen LogP contribution in [0.15, 0.2) is 36.5 Å². The number of hydrogen-bond donors (Lipinski definition) is 1. The molecule has 0 spiro atoms. The van der Waals surface area contributed by atoms with E-state index in [4.69, 9.17) is 0 Å². The predicted molar refractivity (Wildman–Crippen MR) is 74.6 cm³/mol. The van der Waals surface area contributed by atoms with Gasteiger partial charge in [0.15, 0.2) is 0 Å². The van der Waals surface area contributed by atoms with E-state index in [1.165, 1.54) is 30.5 Å². The summed E-state index contributed by atoms with van der Waals surface area (Å²) in [6.45, 7) is 1.80. The van der Waals surface area contributed by atoms with Crippen molar-refractivity contribution in [3.05, 3.63) is 63.7 Å². The summed E-state index contributed by atoms with van der Waals surface area (Å²) in [7, 11) is 0. The van der Waals surface area contributed by atoms with Crippen molar-refractivity contribution in [1.82, 2.24) is 4.98 Å². The van der Waals surface area contributed by atoms with E-state index >= 15 is 0 Å². The summed E-state index contributed by atoms with van der Waals surface area (Å²) in [5.74, 6) is -1.60. The predicted octanol–water partition coefficient (Wildman–Crippen LogP) is 2.94. The van der Waals surface area contributed by atoms with Crippen LogP contribution in [0, 0.1) is 16.1 Å². The summed E-state index contributed by atoms with van der Waals surface area (Å²) in [6.07, 6.45) is 1.73. The molecule has 0 unspecified atom stereocenters. The van der Waals surface area contributed by atoms with Crippen LogP contribution in [0.1, 0.15) is 22.8 Å². The molecule has 1 heterocycles. The summed E-state index contributed by atoms with van der Waals surface area (Å²) in [4.78, 5) is 25.7. The van der Waals surface area contributed by atoms with Crippen molar-refractivity contribution in [2.24, 2.45) is 0 Å². The molecule has 2 rings (SSSR count). The quantitative estimate of drug-likeness (QED) is 0.532. The van der Waals surface area contributed by atoms with Crippen LogP contribution < -0.4 is 5.32 Å². The molecular weight excluding hydrogens is 277 g/mol. The number of nitro benzene ring substituents is 1. The van der Waals surface area contributed by atoms with Crippen molar-refractivity contribution >= 4 is 17.3 Å². The molecule has 0 radical (unpaired) electrons. The van der Waals surface area contributed by atoms with Gasteiger partial charge in [-0.05, 0) is 24.6 Å². The maximum absolute atomic E-state index is 13.4. The van der Waals surface area contributed by atoms with Crippen LogP contribution in [0.5, 0.6) is 0 Å². The molecule has 0 saturated carbocycles. The minimum atomic E-state index is -0.894. The number of carbonyl (C=O) groups is 1. The zero-order valence-corrected chi connectivity index (χ0v) is 11.2. The second-order valence-electron chi connectivity index (χ2n) is 4.25. The van der Waals surface area contributed by atoms with E-state index < -0.39 is 16.8 Å². The number of pyridine rings is 1. The van der Waals surface area contributed by atoms with Crippen LogP contribution in [0.25, 0.3) is 0 Å². The van der Waals surface area contributed by atoms with E-state index in [1.54, 1.807) is 13.0 Å². The van der Waals surface area contributed by atoms with Crippen molar-refractivity contribution in [3.63, 3.8) is 0 Å². The molecule has 1 amide bonds. The smallest absolute Gasteiger partial charge is 0.274 e. The molecule has 0 aliphatic heterocycles. The molecule has 1 aromatic carbocycles. The first-order valence-corrected chi connectivity index (χ1v) is 6.22. The van der Waals surface area contributed by atoms with Crippen molar-refractivity contribution in [2.75, 3.05) is 5.32 Å². The van der Waals surface area contributed by atoms with Gasteiger partial charge in [-0.2, -0.15) is 4.39 Å².